The fourth-order valence-electron chi connectivity index (χ4n) is 7.99. The molecule has 0 aliphatic carbocycles. The van der Waals surface area contributed by atoms with E-state index in [1.807, 2.05) is 17.9 Å². The topological polar surface area (TPSA) is 167 Å². The second-order valence-electron chi connectivity index (χ2n) is 14.2. The number of halogens is 1. The number of amides is 1. The quantitative estimate of drug-likeness (QED) is 0.328. The van der Waals surface area contributed by atoms with Crippen molar-refractivity contribution in [2.24, 2.45) is 5.92 Å². The Kier molecular flexibility index (Phi) is 9.14. The van der Waals surface area contributed by atoms with Crippen LogP contribution in [0.1, 0.15) is 57.7 Å². The lowest BCUT2D eigenvalue weighted by atomic mass is 9.81. The molecule has 4 aliphatic rings. The van der Waals surface area contributed by atoms with E-state index in [4.69, 9.17) is 14.8 Å². The average molecular weight is 710 g/mol. The van der Waals surface area contributed by atoms with Gasteiger partial charge in [-0.3, -0.25) is 4.79 Å². The first-order valence-electron chi connectivity index (χ1n) is 17.2. The largest absolute Gasteiger partial charge is 0.390 e. The summed E-state index contributed by atoms with van der Waals surface area (Å²) in [6.45, 7) is 9.08. The van der Waals surface area contributed by atoms with Gasteiger partial charge in [-0.2, -0.15) is 10.1 Å². The lowest BCUT2D eigenvalue weighted by Crippen LogP contribution is -2.63. The number of aromatic nitrogens is 5. The van der Waals surface area contributed by atoms with Crippen LogP contribution in [0.25, 0.3) is 10.8 Å². The van der Waals surface area contributed by atoms with Crippen molar-refractivity contribution in [1.29, 1.82) is 0 Å². The number of hydrogen-bond donors (Lipinski definition) is 2. The number of carbonyl (C=O) groups excluding carboxylic acids is 1. The third-order valence-corrected chi connectivity index (χ3v) is 13.2. The van der Waals surface area contributed by atoms with Crippen LogP contribution < -0.4 is 15.1 Å². The molecule has 7 rings (SSSR count). The summed E-state index contributed by atoms with van der Waals surface area (Å²) < 4.78 is 46.1. The molecule has 0 saturated carbocycles. The number of nitrogens with zero attached hydrogens (tertiary/aromatic N) is 8. The Hall–Kier alpha value is -4.02. The Morgan fingerprint density at radius 3 is 2.74 bits per heavy atom. The highest BCUT2D eigenvalue weighted by molar-refractivity contribution is 7.92. The lowest BCUT2D eigenvalue weighted by Gasteiger charge is -2.52. The third kappa shape index (κ3) is 6.36. The maximum absolute atomic E-state index is 14.6. The third-order valence-electron chi connectivity index (χ3n) is 11.0. The van der Waals surface area contributed by atoms with Crippen LogP contribution in [-0.2, 0) is 19.4 Å². The Balaban J connectivity index is 1.20. The van der Waals surface area contributed by atoms with Gasteiger partial charge in [0.25, 0.3) is 0 Å². The molecule has 14 nitrogen and oxygen atoms in total. The van der Waals surface area contributed by atoms with E-state index in [0.29, 0.717) is 61.6 Å². The van der Waals surface area contributed by atoms with Crippen LogP contribution >= 0.6 is 0 Å². The Morgan fingerprint density at radius 2 is 2.00 bits per heavy atom. The number of pyridine rings is 1. The number of ether oxygens (including phenoxy) is 1. The number of carbonyl (C=O) groups is 1. The number of alkyl halides is 1. The predicted octanol–water partition coefficient (Wildman–Crippen LogP) is 3.12. The molecule has 4 fully saturated rings. The van der Waals surface area contributed by atoms with E-state index >= 15 is 0 Å². The van der Waals surface area contributed by atoms with Crippen molar-refractivity contribution in [3.8, 4) is 0 Å². The normalized spacial score (nSPS) is 31.0. The minimum atomic E-state index is -3.35. The second-order valence-corrected chi connectivity index (χ2v) is 16.6. The number of fused-ring (bicyclic) bond motifs is 1. The number of likely N-dealkylation sites (tertiary alicyclic amines) is 1. The first-order valence-corrected chi connectivity index (χ1v) is 18.9. The van der Waals surface area contributed by atoms with Crippen LogP contribution in [0.2, 0.25) is 0 Å². The van der Waals surface area contributed by atoms with Gasteiger partial charge in [-0.1, -0.05) is 6.58 Å². The molecular formula is C34H44FN9O5S. The van der Waals surface area contributed by atoms with Crippen molar-refractivity contribution >= 4 is 49.9 Å². The van der Waals surface area contributed by atoms with Gasteiger partial charge in [-0.25, -0.2) is 22.8 Å². The highest BCUT2D eigenvalue weighted by Crippen LogP contribution is 2.44. The maximum atomic E-state index is 14.6. The highest BCUT2D eigenvalue weighted by Gasteiger charge is 2.51. The zero-order valence-corrected chi connectivity index (χ0v) is 29.4. The number of anilines is 4. The summed E-state index contributed by atoms with van der Waals surface area (Å²) in [5.41, 5.74) is -0.384. The second kappa shape index (κ2) is 13.3. The van der Waals surface area contributed by atoms with Crippen molar-refractivity contribution in [3.05, 3.63) is 42.9 Å². The molecule has 1 amide bonds. The van der Waals surface area contributed by atoms with Gasteiger partial charge in [0.1, 0.15) is 17.8 Å². The van der Waals surface area contributed by atoms with Gasteiger partial charge in [-0.05, 0) is 64.2 Å². The molecule has 0 aromatic carbocycles. The predicted molar refractivity (Wildman–Crippen MR) is 187 cm³/mol. The molecule has 7 atom stereocenters. The molecule has 0 radical (unpaired) electrons. The van der Waals surface area contributed by atoms with E-state index < -0.39 is 33.0 Å². The highest BCUT2D eigenvalue weighted by atomic mass is 32.2. The Labute approximate surface area is 291 Å². The molecule has 16 heteroatoms. The fourth-order valence-corrected chi connectivity index (χ4v) is 10.5. The first kappa shape index (κ1) is 34.4. The van der Waals surface area contributed by atoms with Crippen LogP contribution in [0.3, 0.4) is 0 Å². The summed E-state index contributed by atoms with van der Waals surface area (Å²) in [4.78, 5) is 32.2. The molecule has 268 valence electrons. The summed E-state index contributed by atoms with van der Waals surface area (Å²) in [6, 6.07) is 3.09. The van der Waals surface area contributed by atoms with E-state index in [9.17, 15) is 22.7 Å². The summed E-state index contributed by atoms with van der Waals surface area (Å²) in [6.07, 6.45) is 5.52. The molecule has 3 aromatic rings. The van der Waals surface area contributed by atoms with E-state index in [2.05, 4.69) is 27.0 Å². The summed E-state index contributed by atoms with van der Waals surface area (Å²) >= 11 is 0. The number of aliphatic hydroxyl groups is 1. The number of nitrogens with one attached hydrogen (secondary N) is 1. The molecule has 2 N–H and O–H groups in total. The van der Waals surface area contributed by atoms with Crippen LogP contribution in [0.4, 0.5) is 27.8 Å². The molecule has 3 aromatic heterocycles. The Morgan fingerprint density at radius 1 is 1.18 bits per heavy atom. The Bertz CT molecular complexity index is 1900. The number of sulfone groups is 1. The van der Waals surface area contributed by atoms with E-state index in [0.717, 1.165) is 17.2 Å². The van der Waals surface area contributed by atoms with Crippen LogP contribution in [-0.4, -0.2) is 118 Å². The zero-order valence-electron chi connectivity index (χ0n) is 28.6. The smallest absolute Gasteiger partial charge is 0.246 e. The summed E-state index contributed by atoms with van der Waals surface area (Å²) in [5.74, 6) is 1.55. The van der Waals surface area contributed by atoms with Crippen molar-refractivity contribution in [2.45, 2.75) is 81.2 Å². The number of rotatable bonds is 8. The maximum Gasteiger partial charge on any atom is 0.246 e. The summed E-state index contributed by atoms with van der Waals surface area (Å²) in [7, 11) is -1.83. The van der Waals surface area contributed by atoms with Crippen molar-refractivity contribution < 1.29 is 27.4 Å². The summed E-state index contributed by atoms with van der Waals surface area (Å²) in [5, 5.41) is 24.2. The van der Waals surface area contributed by atoms with Gasteiger partial charge >= 0.3 is 0 Å². The molecule has 4 aliphatic heterocycles. The molecule has 0 spiro atoms. The minimum absolute atomic E-state index is 0.0250. The molecular weight excluding hydrogens is 665 g/mol. The van der Waals surface area contributed by atoms with Crippen LogP contribution in [0.5, 0.6) is 0 Å². The molecule has 4 saturated heterocycles. The van der Waals surface area contributed by atoms with Crippen LogP contribution in [0.15, 0.2) is 37.2 Å². The SMILES string of the molecule is C=CC(=O)N1CCCC1c1nnc(N2CC(C3CC(C)(O)CCS3(=O)=O)C2C)c2cnc(Nc3ccnc(N4CC[C@@H](OC)[C@@H](F)C4)n3)cc12. The molecule has 50 heavy (non-hydrogen) atoms. The van der Waals surface area contributed by atoms with Crippen molar-refractivity contribution in [1.82, 2.24) is 30.0 Å². The van der Waals surface area contributed by atoms with Crippen molar-refractivity contribution in [3.63, 3.8) is 0 Å². The standard InChI is InChI=1S/C34H44FN9O5S/c1-5-30(45)43-12-6-7-25(43)31-21-15-29(38-28-8-11-36-33(39-28)42-13-9-26(49-4)24(35)19-42)37-17-22(21)32(41-40-31)44-18-23(20(44)2)27-16-34(3,46)10-14-50(27,47)48/h5,8,11,15,17,20,23-27,46H,1,6-7,9-10,12-14,16,18-19H2,2-4H3,(H,36,37,38,39)/t20?,23?,24-,25?,26+,27?,34?/m0/s1. The average Bonchev–Trinajstić information content (AvgIpc) is 3.59. The fraction of sp³-hybridized carbons (Fsp3) is 0.588. The van der Waals surface area contributed by atoms with E-state index in [1.165, 1.54) is 13.2 Å². The minimum Gasteiger partial charge on any atom is -0.390 e. The molecule has 5 unspecified atom stereocenters. The zero-order chi connectivity index (χ0) is 35.4. The van der Waals surface area contributed by atoms with Gasteiger partial charge in [0, 0.05) is 61.9 Å². The lowest BCUT2D eigenvalue weighted by molar-refractivity contribution is -0.126. The first-order chi connectivity index (χ1) is 23.9. The number of hydrogen-bond acceptors (Lipinski definition) is 13. The van der Waals surface area contributed by atoms with Gasteiger partial charge in [0.2, 0.25) is 11.9 Å². The monoisotopic (exact) mass is 709 g/mol. The molecule has 0 bridgehead atoms. The van der Waals surface area contributed by atoms with Gasteiger partial charge in [0.05, 0.1) is 41.0 Å². The number of piperidine rings is 1. The molecule has 7 heterocycles. The van der Waals surface area contributed by atoms with Gasteiger partial charge < -0.3 is 29.9 Å². The van der Waals surface area contributed by atoms with E-state index in [1.54, 1.807) is 35.2 Å². The van der Waals surface area contributed by atoms with Crippen LogP contribution in [0, 0.1) is 5.92 Å². The number of methoxy groups -OCH3 is 1. The van der Waals surface area contributed by atoms with Crippen molar-refractivity contribution in [2.75, 3.05) is 54.2 Å². The van der Waals surface area contributed by atoms with E-state index in [-0.39, 0.29) is 49.0 Å². The van der Waals surface area contributed by atoms with Gasteiger partial charge in [-0.15, -0.1) is 5.10 Å². The van der Waals surface area contributed by atoms with Gasteiger partial charge in [0.15, 0.2) is 15.7 Å².